The predicted molar refractivity (Wildman–Crippen MR) is 75.2 cm³/mol. The first-order valence-corrected chi connectivity index (χ1v) is 6.23. The Labute approximate surface area is 112 Å². The molecule has 0 aliphatic heterocycles. The summed E-state index contributed by atoms with van der Waals surface area (Å²) in [6.45, 7) is 2.06. The van der Waals surface area contributed by atoms with Crippen LogP contribution in [-0.4, -0.2) is 5.91 Å². The van der Waals surface area contributed by atoms with Gasteiger partial charge in [-0.2, -0.15) is 0 Å². The Hall–Kier alpha value is -1.80. The first-order valence-electron chi connectivity index (χ1n) is 5.85. The Kier molecular flexibility index (Phi) is 4.00. The summed E-state index contributed by atoms with van der Waals surface area (Å²) in [5.74, 6) is -0.118. The molecule has 2 nitrogen and oxygen atoms in total. The van der Waals surface area contributed by atoms with Gasteiger partial charge in [-0.15, -0.1) is 0 Å². The van der Waals surface area contributed by atoms with Crippen LogP contribution in [0.15, 0.2) is 48.5 Å². The van der Waals surface area contributed by atoms with Gasteiger partial charge in [-0.05, 0) is 42.3 Å². The van der Waals surface area contributed by atoms with Gasteiger partial charge in [-0.1, -0.05) is 36.7 Å². The predicted octanol–water partition coefficient (Wildman–Crippen LogP) is 4.15. The molecule has 0 aliphatic rings. The number of hydrogen-bond acceptors (Lipinski definition) is 1. The molecule has 1 N–H and O–H groups in total. The number of amides is 1. The Bertz CT molecular complexity index is 549. The number of rotatable bonds is 3. The molecule has 1 amide bonds. The summed E-state index contributed by atoms with van der Waals surface area (Å²) in [7, 11) is 0. The molecule has 0 heterocycles. The maximum atomic E-state index is 12.0. The zero-order valence-electron chi connectivity index (χ0n) is 10.1. The van der Waals surface area contributed by atoms with Crippen molar-refractivity contribution in [2.75, 3.05) is 5.32 Å². The topological polar surface area (TPSA) is 29.1 Å². The van der Waals surface area contributed by atoms with E-state index in [2.05, 4.69) is 12.2 Å². The van der Waals surface area contributed by atoms with Crippen molar-refractivity contribution in [1.29, 1.82) is 0 Å². The lowest BCUT2D eigenvalue weighted by atomic mass is 10.1. The first kappa shape index (κ1) is 12.7. The third-order valence-corrected chi connectivity index (χ3v) is 3.00. The highest BCUT2D eigenvalue weighted by Crippen LogP contribution is 2.17. The fourth-order valence-electron chi connectivity index (χ4n) is 1.75. The molecule has 0 aromatic heterocycles. The standard InChI is InChI=1S/C15H14ClNO/c1-2-11-5-3-4-6-14(11)17-15(18)12-7-9-13(16)10-8-12/h3-10H,2H2,1H3,(H,17,18). The fourth-order valence-corrected chi connectivity index (χ4v) is 1.87. The van der Waals surface area contributed by atoms with Crippen LogP contribution in [-0.2, 0) is 6.42 Å². The van der Waals surface area contributed by atoms with E-state index in [1.807, 2.05) is 24.3 Å². The molecule has 0 bridgehead atoms. The summed E-state index contributed by atoms with van der Waals surface area (Å²) in [6, 6.07) is 14.7. The van der Waals surface area contributed by atoms with Gasteiger partial charge in [-0.25, -0.2) is 0 Å². The van der Waals surface area contributed by atoms with Crippen molar-refractivity contribution in [1.82, 2.24) is 0 Å². The van der Waals surface area contributed by atoms with Crippen LogP contribution < -0.4 is 5.32 Å². The molecule has 2 aromatic rings. The van der Waals surface area contributed by atoms with Gasteiger partial charge in [-0.3, -0.25) is 4.79 Å². The molecule has 92 valence electrons. The minimum absolute atomic E-state index is 0.118. The van der Waals surface area contributed by atoms with Crippen molar-refractivity contribution in [3.63, 3.8) is 0 Å². The average molecular weight is 260 g/mol. The molecule has 2 aromatic carbocycles. The molecule has 0 fully saturated rings. The van der Waals surface area contributed by atoms with Crippen molar-refractivity contribution >= 4 is 23.2 Å². The molecule has 0 unspecified atom stereocenters. The van der Waals surface area contributed by atoms with Crippen LogP contribution >= 0.6 is 11.6 Å². The molecule has 18 heavy (non-hydrogen) atoms. The minimum Gasteiger partial charge on any atom is -0.322 e. The maximum absolute atomic E-state index is 12.0. The molecular formula is C15H14ClNO. The maximum Gasteiger partial charge on any atom is 0.255 e. The van der Waals surface area contributed by atoms with E-state index in [0.29, 0.717) is 10.6 Å². The number of carbonyl (C=O) groups is 1. The molecule has 2 rings (SSSR count). The number of halogens is 1. The van der Waals surface area contributed by atoms with Crippen LogP contribution in [0.25, 0.3) is 0 Å². The van der Waals surface area contributed by atoms with E-state index in [4.69, 9.17) is 11.6 Å². The second kappa shape index (κ2) is 5.69. The van der Waals surface area contributed by atoms with Crippen LogP contribution in [0.4, 0.5) is 5.69 Å². The lowest BCUT2D eigenvalue weighted by Crippen LogP contribution is -2.12. The van der Waals surface area contributed by atoms with Gasteiger partial charge >= 0.3 is 0 Å². The van der Waals surface area contributed by atoms with E-state index in [9.17, 15) is 4.79 Å². The smallest absolute Gasteiger partial charge is 0.255 e. The lowest BCUT2D eigenvalue weighted by Gasteiger charge is -2.09. The van der Waals surface area contributed by atoms with Crippen molar-refractivity contribution < 1.29 is 4.79 Å². The second-order valence-corrected chi connectivity index (χ2v) is 4.41. The lowest BCUT2D eigenvalue weighted by molar-refractivity contribution is 0.102. The molecule has 0 saturated carbocycles. The minimum atomic E-state index is -0.118. The van der Waals surface area contributed by atoms with Crippen LogP contribution in [0.2, 0.25) is 5.02 Å². The number of aryl methyl sites for hydroxylation is 1. The third kappa shape index (κ3) is 2.90. The van der Waals surface area contributed by atoms with E-state index >= 15 is 0 Å². The average Bonchev–Trinajstić information content (AvgIpc) is 2.40. The highest BCUT2D eigenvalue weighted by Gasteiger charge is 2.07. The number of carbonyl (C=O) groups excluding carboxylic acids is 1. The van der Waals surface area contributed by atoms with Crippen molar-refractivity contribution in [2.24, 2.45) is 0 Å². The van der Waals surface area contributed by atoms with Crippen LogP contribution in [0, 0.1) is 0 Å². The molecular weight excluding hydrogens is 246 g/mol. The highest BCUT2D eigenvalue weighted by molar-refractivity contribution is 6.30. The van der Waals surface area contributed by atoms with Crippen LogP contribution in [0.3, 0.4) is 0 Å². The van der Waals surface area contributed by atoms with E-state index in [-0.39, 0.29) is 5.91 Å². The van der Waals surface area contributed by atoms with Crippen LogP contribution in [0.1, 0.15) is 22.8 Å². The van der Waals surface area contributed by atoms with Gasteiger partial charge in [0.05, 0.1) is 0 Å². The SMILES string of the molecule is CCc1ccccc1NC(=O)c1ccc(Cl)cc1. The zero-order chi connectivity index (χ0) is 13.0. The van der Waals surface area contributed by atoms with Gasteiger partial charge in [0.1, 0.15) is 0 Å². The summed E-state index contributed by atoms with van der Waals surface area (Å²) >= 11 is 5.79. The summed E-state index contributed by atoms with van der Waals surface area (Å²) in [4.78, 5) is 12.0. The van der Waals surface area contributed by atoms with Crippen molar-refractivity contribution in [3.05, 3.63) is 64.7 Å². The van der Waals surface area contributed by atoms with Gasteiger partial charge in [0.2, 0.25) is 0 Å². The number of nitrogens with one attached hydrogen (secondary N) is 1. The third-order valence-electron chi connectivity index (χ3n) is 2.75. The Morgan fingerprint density at radius 3 is 2.44 bits per heavy atom. The van der Waals surface area contributed by atoms with E-state index in [1.165, 1.54) is 0 Å². The molecule has 0 atom stereocenters. The number of benzene rings is 2. The summed E-state index contributed by atoms with van der Waals surface area (Å²) in [5, 5.41) is 3.54. The van der Waals surface area contributed by atoms with Crippen molar-refractivity contribution in [2.45, 2.75) is 13.3 Å². The van der Waals surface area contributed by atoms with E-state index in [0.717, 1.165) is 17.7 Å². The number of hydrogen-bond donors (Lipinski definition) is 1. The van der Waals surface area contributed by atoms with E-state index in [1.54, 1.807) is 24.3 Å². The van der Waals surface area contributed by atoms with E-state index < -0.39 is 0 Å². The number of anilines is 1. The zero-order valence-corrected chi connectivity index (χ0v) is 10.9. The summed E-state index contributed by atoms with van der Waals surface area (Å²) in [6.07, 6.45) is 0.886. The number of para-hydroxylation sites is 1. The quantitative estimate of drug-likeness (QED) is 0.881. The Morgan fingerprint density at radius 1 is 1.11 bits per heavy atom. The molecule has 0 radical (unpaired) electrons. The largest absolute Gasteiger partial charge is 0.322 e. The molecule has 0 spiro atoms. The Balaban J connectivity index is 2.18. The molecule has 0 aliphatic carbocycles. The second-order valence-electron chi connectivity index (χ2n) is 3.97. The molecule has 3 heteroatoms. The summed E-state index contributed by atoms with van der Waals surface area (Å²) < 4.78 is 0. The molecule has 0 saturated heterocycles. The monoisotopic (exact) mass is 259 g/mol. The van der Waals surface area contributed by atoms with Crippen molar-refractivity contribution in [3.8, 4) is 0 Å². The van der Waals surface area contributed by atoms with Gasteiger partial charge in [0, 0.05) is 16.3 Å². The first-order chi connectivity index (χ1) is 8.70. The van der Waals surface area contributed by atoms with Gasteiger partial charge in [0.15, 0.2) is 0 Å². The highest BCUT2D eigenvalue weighted by atomic mass is 35.5. The van der Waals surface area contributed by atoms with Crippen LogP contribution in [0.5, 0.6) is 0 Å². The normalized spacial score (nSPS) is 10.1. The fraction of sp³-hybridized carbons (Fsp3) is 0.133. The van der Waals surface area contributed by atoms with Gasteiger partial charge < -0.3 is 5.32 Å². The summed E-state index contributed by atoms with van der Waals surface area (Å²) in [5.41, 5.74) is 2.59. The van der Waals surface area contributed by atoms with Gasteiger partial charge in [0.25, 0.3) is 5.91 Å². The Morgan fingerprint density at radius 2 is 1.78 bits per heavy atom.